The van der Waals surface area contributed by atoms with E-state index >= 15 is 4.39 Å². The number of carbonyl (C=O) groups excluding carboxylic acids is 1. The molecule has 41 heavy (non-hydrogen) atoms. The Balaban J connectivity index is 1.67. The third-order valence-electron chi connectivity index (χ3n) is 7.31. The van der Waals surface area contributed by atoms with Crippen LogP contribution in [0.3, 0.4) is 0 Å². The topological polar surface area (TPSA) is 100 Å². The molecule has 4 rings (SSSR count). The van der Waals surface area contributed by atoms with E-state index in [9.17, 15) is 4.79 Å². The van der Waals surface area contributed by atoms with E-state index in [-0.39, 0.29) is 30.3 Å². The number of aliphatic imine (C=N–C) groups is 2. The number of fused-ring (bicyclic) bond motifs is 1. The van der Waals surface area contributed by atoms with Gasteiger partial charge in [0.15, 0.2) is 11.5 Å². The summed E-state index contributed by atoms with van der Waals surface area (Å²) in [6, 6.07) is 8.72. The average Bonchev–Trinajstić information content (AvgIpc) is 3.44. The minimum Gasteiger partial charge on any atom is -0.454 e. The molecule has 2 aromatic rings. The first-order valence-corrected chi connectivity index (χ1v) is 13.7. The quantitative estimate of drug-likeness (QED) is 0.299. The summed E-state index contributed by atoms with van der Waals surface area (Å²) in [5.41, 5.74) is 2.06. The van der Waals surface area contributed by atoms with Crippen molar-refractivity contribution in [2.45, 2.75) is 25.9 Å². The standard InChI is InChI=1S/C30H39FN6O4/c1-20-17-37(18-21(2)36(20)5)27-14-25(31)24(22(15-33-4)16-34-10-12-39-11-9-32-3)13-26(27)35-30(38)23-7-6-8-28-29(23)41-19-40-28/h6-8,13-16,20-21,32H,4,9-12,17-19H2,1-3,5H3,(H,35,38)/b22-15+,34-16?. The molecule has 0 spiro atoms. The number of para-hydroxylation sites is 1. The van der Waals surface area contributed by atoms with E-state index in [4.69, 9.17) is 14.2 Å². The van der Waals surface area contributed by atoms with Gasteiger partial charge in [-0.2, -0.15) is 0 Å². The first-order valence-electron chi connectivity index (χ1n) is 13.7. The van der Waals surface area contributed by atoms with E-state index in [1.54, 1.807) is 30.5 Å². The van der Waals surface area contributed by atoms with E-state index in [0.717, 1.165) is 6.54 Å². The first kappa shape index (κ1) is 30.2. The minimum absolute atomic E-state index is 0.0468. The lowest BCUT2D eigenvalue weighted by molar-refractivity contribution is 0.102. The number of hydrogen-bond acceptors (Lipinski definition) is 9. The van der Waals surface area contributed by atoms with Gasteiger partial charge in [-0.1, -0.05) is 6.07 Å². The lowest BCUT2D eigenvalue weighted by Crippen LogP contribution is -2.55. The van der Waals surface area contributed by atoms with Crippen molar-refractivity contribution in [2.24, 2.45) is 9.98 Å². The van der Waals surface area contributed by atoms with Gasteiger partial charge in [0.2, 0.25) is 6.79 Å². The highest BCUT2D eigenvalue weighted by Gasteiger charge is 2.30. The van der Waals surface area contributed by atoms with E-state index in [0.29, 0.717) is 66.9 Å². The fourth-order valence-corrected chi connectivity index (χ4v) is 4.87. The van der Waals surface area contributed by atoms with Crippen LogP contribution in [-0.4, -0.2) is 96.1 Å². The van der Waals surface area contributed by atoms with E-state index in [1.165, 1.54) is 12.3 Å². The number of nitrogens with zero attached hydrogens (tertiary/aromatic N) is 4. The molecule has 0 radical (unpaired) electrons. The fraction of sp³-hybridized carbons (Fsp3) is 0.433. The van der Waals surface area contributed by atoms with Crippen LogP contribution in [-0.2, 0) is 4.74 Å². The molecule has 2 atom stereocenters. The molecule has 1 fully saturated rings. The van der Waals surface area contributed by atoms with Crippen LogP contribution >= 0.6 is 0 Å². The molecule has 2 aliphatic rings. The number of ether oxygens (including phenoxy) is 3. The zero-order valence-corrected chi connectivity index (χ0v) is 24.2. The second kappa shape index (κ2) is 14.2. The maximum atomic E-state index is 15.8. The summed E-state index contributed by atoms with van der Waals surface area (Å²) in [6.07, 6.45) is 3.00. The lowest BCUT2D eigenvalue weighted by atomic mass is 10.0. The Hall–Kier alpha value is -3.80. The van der Waals surface area contributed by atoms with E-state index in [1.807, 2.05) is 7.05 Å². The van der Waals surface area contributed by atoms with Crippen molar-refractivity contribution in [1.82, 2.24) is 10.2 Å². The summed E-state index contributed by atoms with van der Waals surface area (Å²) < 4.78 is 32.3. The summed E-state index contributed by atoms with van der Waals surface area (Å²) in [5, 5.41) is 6.03. The predicted octanol–water partition coefficient (Wildman–Crippen LogP) is 3.68. The molecule has 0 saturated carbocycles. The molecule has 2 unspecified atom stereocenters. The normalized spacial score (nSPS) is 19.1. The average molecular weight is 567 g/mol. The zero-order chi connectivity index (χ0) is 29.4. The van der Waals surface area contributed by atoms with E-state index in [2.05, 4.69) is 58.0 Å². The Bertz CT molecular complexity index is 1290. The van der Waals surface area contributed by atoms with Gasteiger partial charge in [0.05, 0.1) is 36.7 Å². The fourth-order valence-electron chi connectivity index (χ4n) is 4.87. The molecule has 220 valence electrons. The maximum absolute atomic E-state index is 15.8. The molecular weight excluding hydrogens is 527 g/mol. The number of benzene rings is 2. The van der Waals surface area contributed by atoms with Gasteiger partial charge < -0.3 is 29.7 Å². The van der Waals surface area contributed by atoms with Gasteiger partial charge >= 0.3 is 0 Å². The van der Waals surface area contributed by atoms with Gasteiger partial charge in [-0.05, 0) is 58.9 Å². The number of allylic oxidation sites excluding steroid dienone is 1. The highest BCUT2D eigenvalue weighted by Crippen LogP contribution is 2.38. The third-order valence-corrected chi connectivity index (χ3v) is 7.31. The molecular formula is C30H39FN6O4. The number of halogens is 1. The van der Waals surface area contributed by atoms with Gasteiger partial charge in [-0.15, -0.1) is 0 Å². The van der Waals surface area contributed by atoms with Crippen LogP contribution in [0.4, 0.5) is 15.8 Å². The summed E-state index contributed by atoms with van der Waals surface area (Å²) in [7, 11) is 3.94. The number of anilines is 2. The number of carbonyl (C=O) groups is 1. The minimum atomic E-state index is -0.457. The number of likely N-dealkylation sites (N-methyl/N-ethyl adjacent to an activating group) is 2. The van der Waals surface area contributed by atoms with Crippen molar-refractivity contribution < 1.29 is 23.4 Å². The maximum Gasteiger partial charge on any atom is 0.259 e. The number of rotatable bonds is 12. The van der Waals surface area contributed by atoms with Crippen molar-refractivity contribution in [2.75, 3.05) is 70.5 Å². The molecule has 2 aliphatic heterocycles. The van der Waals surface area contributed by atoms with Gasteiger partial charge in [-0.3, -0.25) is 19.7 Å². The number of hydrogen-bond donors (Lipinski definition) is 2. The van der Waals surface area contributed by atoms with Crippen molar-refractivity contribution in [3.8, 4) is 11.5 Å². The summed E-state index contributed by atoms with van der Waals surface area (Å²) >= 11 is 0. The second-order valence-corrected chi connectivity index (χ2v) is 10.1. The molecule has 1 amide bonds. The highest BCUT2D eigenvalue weighted by atomic mass is 19.1. The molecule has 0 aromatic heterocycles. The molecule has 11 heteroatoms. The second-order valence-electron chi connectivity index (χ2n) is 10.1. The van der Waals surface area contributed by atoms with Crippen LogP contribution in [0.5, 0.6) is 11.5 Å². The molecule has 0 aliphatic carbocycles. The molecule has 1 saturated heterocycles. The highest BCUT2D eigenvalue weighted by molar-refractivity contribution is 6.12. The van der Waals surface area contributed by atoms with Crippen LogP contribution in [0, 0.1) is 5.82 Å². The number of piperazine rings is 1. The van der Waals surface area contributed by atoms with Gasteiger partial charge in [0.25, 0.3) is 5.91 Å². The lowest BCUT2D eigenvalue weighted by Gasteiger charge is -2.44. The summed E-state index contributed by atoms with van der Waals surface area (Å²) in [4.78, 5) is 26.2. The predicted molar refractivity (Wildman–Crippen MR) is 161 cm³/mol. The Labute approximate surface area is 240 Å². The van der Waals surface area contributed by atoms with Crippen LogP contribution < -0.4 is 25.0 Å². The molecule has 0 bridgehead atoms. The Morgan fingerprint density at radius 3 is 2.71 bits per heavy atom. The Kier molecular flexibility index (Phi) is 10.4. The monoisotopic (exact) mass is 566 g/mol. The summed E-state index contributed by atoms with van der Waals surface area (Å²) in [6.45, 7) is 11.4. The molecule has 2 N–H and O–H groups in total. The zero-order valence-electron chi connectivity index (χ0n) is 24.2. The first-order chi connectivity index (χ1) is 19.8. The van der Waals surface area contributed by atoms with E-state index < -0.39 is 5.82 Å². The Morgan fingerprint density at radius 2 is 1.98 bits per heavy atom. The SMILES string of the molecule is C=N/C=C(\C=NCCOCCNC)c1cc(NC(=O)c2cccc3c2OCO3)c(N2CC(C)N(C)C(C)C2)cc1F. The van der Waals surface area contributed by atoms with Crippen LogP contribution in [0.1, 0.15) is 29.8 Å². The van der Waals surface area contributed by atoms with Crippen LogP contribution in [0.2, 0.25) is 0 Å². The largest absolute Gasteiger partial charge is 0.454 e. The number of amides is 1. The number of nitrogens with one attached hydrogen (secondary N) is 2. The van der Waals surface area contributed by atoms with Gasteiger partial charge in [-0.25, -0.2) is 4.39 Å². The third kappa shape index (κ3) is 7.29. The molecule has 2 heterocycles. The van der Waals surface area contributed by atoms with Crippen LogP contribution in [0.25, 0.3) is 5.57 Å². The van der Waals surface area contributed by atoms with Gasteiger partial charge in [0, 0.05) is 55.3 Å². The molecule has 10 nitrogen and oxygen atoms in total. The smallest absolute Gasteiger partial charge is 0.259 e. The van der Waals surface area contributed by atoms with Crippen molar-refractivity contribution in [3.05, 3.63) is 53.5 Å². The van der Waals surface area contributed by atoms with Crippen molar-refractivity contribution >= 4 is 35.8 Å². The summed E-state index contributed by atoms with van der Waals surface area (Å²) in [5.74, 6) is 0.0476. The molecule has 2 aromatic carbocycles. The van der Waals surface area contributed by atoms with Crippen molar-refractivity contribution in [3.63, 3.8) is 0 Å². The van der Waals surface area contributed by atoms with Gasteiger partial charge in [0.1, 0.15) is 5.82 Å². The Morgan fingerprint density at radius 1 is 1.20 bits per heavy atom. The van der Waals surface area contributed by atoms with Crippen LogP contribution in [0.15, 0.2) is 46.5 Å². The van der Waals surface area contributed by atoms with Crippen molar-refractivity contribution in [1.29, 1.82) is 0 Å².